The maximum atomic E-state index is 8.51. The Labute approximate surface area is 87.3 Å². The first kappa shape index (κ1) is 14.9. The van der Waals surface area contributed by atoms with Crippen LogP contribution >= 0.6 is 17.0 Å². The standard InChI is InChI=1S/C10H22O.BrH/c1-2-3-4-5-6-7-8-9-10-11;/h11H,2-10H2,1H3;1H. The van der Waals surface area contributed by atoms with Crippen LogP contribution in [0.15, 0.2) is 0 Å². The lowest BCUT2D eigenvalue weighted by Crippen LogP contribution is -1.83. The Hall–Kier alpha value is 0.440. The lowest BCUT2D eigenvalue weighted by atomic mass is 10.1. The Balaban J connectivity index is 0. The first-order valence-corrected chi connectivity index (χ1v) is 5.02. The molecule has 0 radical (unpaired) electrons. The van der Waals surface area contributed by atoms with Crippen LogP contribution in [-0.4, -0.2) is 11.7 Å². The number of hydrogen-bond acceptors (Lipinski definition) is 1. The molecular weight excluding hydrogens is 216 g/mol. The van der Waals surface area contributed by atoms with E-state index in [-0.39, 0.29) is 17.0 Å². The van der Waals surface area contributed by atoms with Gasteiger partial charge in [0, 0.05) is 6.61 Å². The van der Waals surface area contributed by atoms with E-state index < -0.39 is 0 Å². The smallest absolute Gasteiger partial charge is 0.0431 e. The van der Waals surface area contributed by atoms with E-state index in [0.717, 1.165) is 6.42 Å². The maximum Gasteiger partial charge on any atom is 0.0431 e. The lowest BCUT2D eigenvalue weighted by Gasteiger charge is -1.98. The highest BCUT2D eigenvalue weighted by Gasteiger charge is 1.89. The molecule has 76 valence electrons. The van der Waals surface area contributed by atoms with Crippen molar-refractivity contribution >= 4 is 17.0 Å². The van der Waals surface area contributed by atoms with Gasteiger partial charge in [-0.1, -0.05) is 51.9 Å². The van der Waals surface area contributed by atoms with E-state index in [4.69, 9.17) is 5.11 Å². The highest BCUT2D eigenvalue weighted by Crippen LogP contribution is 2.07. The highest BCUT2D eigenvalue weighted by molar-refractivity contribution is 8.93. The lowest BCUT2D eigenvalue weighted by molar-refractivity contribution is 0.282. The topological polar surface area (TPSA) is 20.2 Å². The molecule has 0 aromatic rings. The SMILES string of the molecule is Br.CCCCCCCCCCO. The molecule has 1 N–H and O–H groups in total. The van der Waals surface area contributed by atoms with Gasteiger partial charge in [-0.15, -0.1) is 17.0 Å². The first-order valence-electron chi connectivity index (χ1n) is 5.02. The molecule has 0 atom stereocenters. The van der Waals surface area contributed by atoms with Gasteiger partial charge < -0.3 is 5.11 Å². The van der Waals surface area contributed by atoms with Crippen molar-refractivity contribution in [2.75, 3.05) is 6.61 Å². The first-order chi connectivity index (χ1) is 5.41. The largest absolute Gasteiger partial charge is 0.396 e. The molecule has 0 bridgehead atoms. The van der Waals surface area contributed by atoms with Crippen molar-refractivity contribution in [1.82, 2.24) is 0 Å². The number of halogens is 1. The molecule has 0 amide bonds. The predicted molar refractivity (Wildman–Crippen MR) is 60.0 cm³/mol. The summed E-state index contributed by atoms with van der Waals surface area (Å²) in [5.74, 6) is 0. The summed E-state index contributed by atoms with van der Waals surface area (Å²) in [6.45, 7) is 2.61. The van der Waals surface area contributed by atoms with Gasteiger partial charge >= 0.3 is 0 Å². The molecule has 0 spiro atoms. The van der Waals surface area contributed by atoms with Gasteiger partial charge in [-0.25, -0.2) is 0 Å². The van der Waals surface area contributed by atoms with Gasteiger partial charge in [-0.05, 0) is 6.42 Å². The predicted octanol–water partition coefficient (Wildman–Crippen LogP) is 3.70. The molecule has 1 nitrogen and oxygen atoms in total. The van der Waals surface area contributed by atoms with Gasteiger partial charge in [-0.2, -0.15) is 0 Å². The summed E-state index contributed by atoms with van der Waals surface area (Å²) >= 11 is 0. The summed E-state index contributed by atoms with van der Waals surface area (Å²) in [6, 6.07) is 0. The van der Waals surface area contributed by atoms with Crippen LogP contribution in [0, 0.1) is 0 Å². The Bertz CT molecular complexity index is 58.9. The van der Waals surface area contributed by atoms with Crippen LogP contribution < -0.4 is 0 Å². The minimum atomic E-state index is 0. The highest BCUT2D eigenvalue weighted by atomic mass is 79.9. The number of rotatable bonds is 8. The molecule has 0 rings (SSSR count). The molecule has 0 saturated heterocycles. The molecule has 0 aromatic heterocycles. The summed E-state index contributed by atoms with van der Waals surface area (Å²) in [4.78, 5) is 0. The second-order valence-electron chi connectivity index (χ2n) is 3.20. The van der Waals surface area contributed by atoms with Crippen LogP contribution in [0.5, 0.6) is 0 Å². The maximum absolute atomic E-state index is 8.51. The second kappa shape index (κ2) is 14.0. The zero-order valence-electron chi connectivity index (χ0n) is 8.22. The normalized spacial score (nSPS) is 9.50. The molecule has 0 aromatic carbocycles. The average molecular weight is 239 g/mol. The molecule has 0 heterocycles. The van der Waals surface area contributed by atoms with Crippen molar-refractivity contribution in [3.05, 3.63) is 0 Å². The molecule has 0 aliphatic rings. The third kappa shape index (κ3) is 13.1. The van der Waals surface area contributed by atoms with Crippen LogP contribution in [-0.2, 0) is 0 Å². The third-order valence-corrected chi connectivity index (χ3v) is 2.01. The Kier molecular flexibility index (Phi) is 17.4. The summed E-state index contributed by atoms with van der Waals surface area (Å²) < 4.78 is 0. The quantitative estimate of drug-likeness (QED) is 0.640. The number of aliphatic hydroxyl groups is 1. The van der Waals surface area contributed by atoms with Gasteiger partial charge in [-0.3, -0.25) is 0 Å². The van der Waals surface area contributed by atoms with E-state index >= 15 is 0 Å². The van der Waals surface area contributed by atoms with Gasteiger partial charge in [0.2, 0.25) is 0 Å². The molecular formula is C10H23BrO. The molecule has 0 unspecified atom stereocenters. The Morgan fingerprint density at radius 3 is 1.58 bits per heavy atom. The summed E-state index contributed by atoms with van der Waals surface area (Å²) in [7, 11) is 0. The summed E-state index contributed by atoms with van der Waals surface area (Å²) in [5, 5.41) is 8.51. The molecule has 0 saturated carbocycles. The van der Waals surface area contributed by atoms with E-state index in [2.05, 4.69) is 6.92 Å². The molecule has 0 aliphatic carbocycles. The van der Waals surface area contributed by atoms with Gasteiger partial charge in [0.15, 0.2) is 0 Å². The number of unbranched alkanes of at least 4 members (excludes halogenated alkanes) is 7. The minimum Gasteiger partial charge on any atom is -0.396 e. The molecule has 0 fully saturated rings. The van der Waals surface area contributed by atoms with Crippen LogP contribution in [0.1, 0.15) is 58.3 Å². The fraction of sp³-hybridized carbons (Fsp3) is 1.00. The fourth-order valence-corrected chi connectivity index (χ4v) is 1.25. The fourth-order valence-electron chi connectivity index (χ4n) is 1.25. The van der Waals surface area contributed by atoms with E-state index in [1.54, 1.807) is 0 Å². The summed E-state index contributed by atoms with van der Waals surface area (Å²) in [6.07, 6.45) is 10.4. The van der Waals surface area contributed by atoms with Crippen molar-refractivity contribution in [3.63, 3.8) is 0 Å². The second-order valence-corrected chi connectivity index (χ2v) is 3.20. The monoisotopic (exact) mass is 238 g/mol. The van der Waals surface area contributed by atoms with Crippen molar-refractivity contribution < 1.29 is 5.11 Å². The van der Waals surface area contributed by atoms with Gasteiger partial charge in [0.05, 0.1) is 0 Å². The van der Waals surface area contributed by atoms with E-state index in [9.17, 15) is 0 Å². The Morgan fingerprint density at radius 1 is 0.750 bits per heavy atom. The third-order valence-electron chi connectivity index (χ3n) is 2.01. The van der Waals surface area contributed by atoms with Crippen LogP contribution in [0.4, 0.5) is 0 Å². The van der Waals surface area contributed by atoms with Crippen LogP contribution in [0.25, 0.3) is 0 Å². The Morgan fingerprint density at radius 2 is 1.17 bits per heavy atom. The van der Waals surface area contributed by atoms with Crippen molar-refractivity contribution in [2.24, 2.45) is 0 Å². The van der Waals surface area contributed by atoms with E-state index in [1.807, 2.05) is 0 Å². The van der Waals surface area contributed by atoms with Crippen molar-refractivity contribution in [1.29, 1.82) is 0 Å². The number of aliphatic hydroxyl groups excluding tert-OH is 1. The van der Waals surface area contributed by atoms with Gasteiger partial charge in [0.25, 0.3) is 0 Å². The number of hydrogen-bond donors (Lipinski definition) is 1. The zero-order valence-corrected chi connectivity index (χ0v) is 9.93. The van der Waals surface area contributed by atoms with Crippen molar-refractivity contribution in [2.45, 2.75) is 58.3 Å². The van der Waals surface area contributed by atoms with E-state index in [1.165, 1.54) is 44.9 Å². The molecule has 2 heteroatoms. The average Bonchev–Trinajstić information content (AvgIpc) is 2.03. The minimum absolute atomic E-state index is 0. The van der Waals surface area contributed by atoms with Crippen molar-refractivity contribution in [3.8, 4) is 0 Å². The van der Waals surface area contributed by atoms with Crippen LogP contribution in [0.3, 0.4) is 0 Å². The summed E-state index contributed by atoms with van der Waals surface area (Å²) in [5.41, 5.74) is 0. The van der Waals surface area contributed by atoms with Gasteiger partial charge in [0.1, 0.15) is 0 Å². The molecule has 0 aliphatic heterocycles. The van der Waals surface area contributed by atoms with E-state index in [0.29, 0.717) is 6.61 Å². The zero-order chi connectivity index (χ0) is 8.36. The van der Waals surface area contributed by atoms with Crippen LogP contribution in [0.2, 0.25) is 0 Å². The molecule has 12 heavy (non-hydrogen) atoms.